The maximum absolute atomic E-state index is 10.9. The van der Waals surface area contributed by atoms with Crippen molar-refractivity contribution in [1.82, 2.24) is 5.48 Å². The van der Waals surface area contributed by atoms with Gasteiger partial charge in [-0.2, -0.15) is 0 Å². The van der Waals surface area contributed by atoms with Crippen molar-refractivity contribution in [2.75, 3.05) is 11.9 Å². The number of benzene rings is 2. The molecule has 0 aliphatic carbocycles. The molecule has 0 radical (unpaired) electrons. The highest BCUT2D eigenvalue weighted by Crippen LogP contribution is 2.16. The molecule has 25 heavy (non-hydrogen) atoms. The summed E-state index contributed by atoms with van der Waals surface area (Å²) in [4.78, 5) is 20.4. The van der Waals surface area contributed by atoms with Gasteiger partial charge >= 0.3 is 0 Å². The Kier molecular flexibility index (Phi) is 7.40. The van der Waals surface area contributed by atoms with Crippen LogP contribution in [0.3, 0.4) is 0 Å². The largest absolute Gasteiger partial charge is 0.324 e. The van der Waals surface area contributed by atoms with E-state index in [1.54, 1.807) is 12.1 Å². The van der Waals surface area contributed by atoms with E-state index in [2.05, 4.69) is 22.7 Å². The van der Waals surface area contributed by atoms with Gasteiger partial charge in [-0.15, -0.1) is 0 Å². The van der Waals surface area contributed by atoms with E-state index in [9.17, 15) is 10.1 Å². The highest BCUT2D eigenvalue weighted by atomic mass is 16.6. The third-order valence-electron chi connectivity index (χ3n) is 3.35. The fraction of sp³-hybridized carbons (Fsp3) is 0.278. The molecule has 0 fully saturated rings. The number of hydrogen-bond acceptors (Lipinski definition) is 4. The molecule has 7 heteroatoms. The van der Waals surface area contributed by atoms with Gasteiger partial charge < -0.3 is 5.32 Å². The van der Waals surface area contributed by atoms with Crippen LogP contribution in [0.1, 0.15) is 25.3 Å². The van der Waals surface area contributed by atoms with Crippen LogP contribution < -0.4 is 10.8 Å². The van der Waals surface area contributed by atoms with Crippen molar-refractivity contribution in [3.8, 4) is 0 Å². The zero-order valence-corrected chi connectivity index (χ0v) is 14.1. The number of hydrogen-bond donors (Lipinski definition) is 2. The van der Waals surface area contributed by atoms with Crippen molar-refractivity contribution in [1.29, 1.82) is 0 Å². The molecule has 132 valence electrons. The normalized spacial score (nSPS) is 11.2. The van der Waals surface area contributed by atoms with Crippen LogP contribution in [0.4, 0.5) is 11.4 Å². The fourth-order valence-corrected chi connectivity index (χ4v) is 2.04. The maximum Gasteiger partial charge on any atom is 0.271 e. The summed E-state index contributed by atoms with van der Waals surface area (Å²) in [5.74, 6) is 0.421. The van der Waals surface area contributed by atoms with Crippen LogP contribution >= 0.6 is 0 Å². The van der Waals surface area contributed by atoms with Gasteiger partial charge in [0.15, 0.2) is 0 Å². The smallest absolute Gasteiger partial charge is 0.271 e. The number of rotatable bonds is 8. The summed E-state index contributed by atoms with van der Waals surface area (Å²) in [5, 5.41) is 13.9. The predicted molar refractivity (Wildman–Crippen MR) is 98.3 cm³/mol. The Morgan fingerprint density at radius 1 is 1.20 bits per heavy atom. The minimum Gasteiger partial charge on any atom is -0.324 e. The van der Waals surface area contributed by atoms with Gasteiger partial charge in [0.2, 0.25) is 5.96 Å². The van der Waals surface area contributed by atoms with Gasteiger partial charge in [-0.25, -0.2) is 5.48 Å². The molecule has 0 heterocycles. The van der Waals surface area contributed by atoms with Gasteiger partial charge in [-0.3, -0.25) is 19.9 Å². The SMILES string of the molecule is CCCCN=C(NOCc1ccccc1)Nc1cccc([N+](=O)[O-])c1. The molecule has 0 bridgehead atoms. The summed E-state index contributed by atoms with van der Waals surface area (Å²) in [6.07, 6.45) is 1.97. The summed E-state index contributed by atoms with van der Waals surface area (Å²) >= 11 is 0. The van der Waals surface area contributed by atoms with Crippen molar-refractivity contribution < 1.29 is 9.76 Å². The zero-order valence-electron chi connectivity index (χ0n) is 14.1. The standard InChI is InChI=1S/C18H22N4O3/c1-2-3-12-19-18(21-25-14-15-8-5-4-6-9-15)20-16-10-7-11-17(13-16)22(23)24/h4-11,13H,2-3,12,14H2,1H3,(H2,19,20,21). The van der Waals surface area contributed by atoms with E-state index >= 15 is 0 Å². The van der Waals surface area contributed by atoms with Crippen LogP contribution in [0.25, 0.3) is 0 Å². The van der Waals surface area contributed by atoms with Crippen molar-refractivity contribution >= 4 is 17.3 Å². The Bertz CT molecular complexity index is 704. The Balaban J connectivity index is 1.98. The number of non-ortho nitro benzene ring substituents is 1. The number of aliphatic imine (C=N–C) groups is 1. The average molecular weight is 342 g/mol. The topological polar surface area (TPSA) is 88.8 Å². The van der Waals surface area contributed by atoms with Crippen molar-refractivity contribution in [3.63, 3.8) is 0 Å². The summed E-state index contributed by atoms with van der Waals surface area (Å²) in [7, 11) is 0. The van der Waals surface area contributed by atoms with Gasteiger partial charge in [0, 0.05) is 24.4 Å². The lowest BCUT2D eigenvalue weighted by Gasteiger charge is -2.12. The van der Waals surface area contributed by atoms with E-state index in [0.29, 0.717) is 24.8 Å². The molecule has 0 atom stereocenters. The van der Waals surface area contributed by atoms with E-state index in [1.807, 2.05) is 30.3 Å². The average Bonchev–Trinajstić information content (AvgIpc) is 2.63. The van der Waals surface area contributed by atoms with E-state index in [4.69, 9.17) is 4.84 Å². The molecule has 7 nitrogen and oxygen atoms in total. The number of unbranched alkanes of at least 4 members (excludes halogenated alkanes) is 1. The van der Waals surface area contributed by atoms with Crippen molar-refractivity contribution in [2.45, 2.75) is 26.4 Å². The number of hydroxylamine groups is 1. The molecular weight excluding hydrogens is 320 g/mol. The predicted octanol–water partition coefficient (Wildman–Crippen LogP) is 3.88. The van der Waals surface area contributed by atoms with E-state index < -0.39 is 4.92 Å². The molecule has 2 N–H and O–H groups in total. The first-order chi connectivity index (χ1) is 12.2. The molecule has 2 rings (SSSR count). The Labute approximate surface area is 146 Å². The lowest BCUT2D eigenvalue weighted by molar-refractivity contribution is -0.384. The number of nitrogens with zero attached hydrogens (tertiary/aromatic N) is 2. The van der Waals surface area contributed by atoms with Gasteiger partial charge in [-0.1, -0.05) is 49.7 Å². The maximum atomic E-state index is 10.9. The van der Waals surface area contributed by atoms with Crippen LogP contribution in [0.2, 0.25) is 0 Å². The van der Waals surface area contributed by atoms with E-state index in [-0.39, 0.29) is 5.69 Å². The molecule has 0 aliphatic heterocycles. The molecule has 0 saturated heterocycles. The number of nitro benzene ring substituents is 1. The second kappa shape index (κ2) is 10.0. The minimum absolute atomic E-state index is 0.0168. The highest BCUT2D eigenvalue weighted by molar-refractivity contribution is 5.93. The number of nitrogens with one attached hydrogen (secondary N) is 2. The molecule has 2 aromatic carbocycles. The molecule has 0 saturated carbocycles. The third kappa shape index (κ3) is 6.60. The molecule has 0 amide bonds. The van der Waals surface area contributed by atoms with Crippen LogP contribution in [0.5, 0.6) is 0 Å². The number of nitro groups is 1. The zero-order chi connectivity index (χ0) is 17.9. The lowest BCUT2D eigenvalue weighted by atomic mass is 10.2. The first-order valence-corrected chi connectivity index (χ1v) is 8.16. The minimum atomic E-state index is -0.432. The Hall–Kier alpha value is -2.93. The quantitative estimate of drug-likeness (QED) is 0.250. The first-order valence-electron chi connectivity index (χ1n) is 8.16. The second-order valence-corrected chi connectivity index (χ2v) is 5.39. The fourth-order valence-electron chi connectivity index (χ4n) is 2.04. The van der Waals surface area contributed by atoms with Crippen LogP contribution in [-0.2, 0) is 11.4 Å². The van der Waals surface area contributed by atoms with Crippen LogP contribution in [-0.4, -0.2) is 17.4 Å². The summed E-state index contributed by atoms with van der Waals surface area (Å²) in [6, 6.07) is 16.0. The van der Waals surface area contributed by atoms with Gasteiger partial charge in [0.05, 0.1) is 11.5 Å². The highest BCUT2D eigenvalue weighted by Gasteiger charge is 2.07. The van der Waals surface area contributed by atoms with Crippen LogP contribution in [0, 0.1) is 10.1 Å². The Morgan fingerprint density at radius 2 is 2.00 bits per heavy atom. The molecule has 2 aromatic rings. The molecule has 0 aromatic heterocycles. The number of guanidine groups is 1. The Morgan fingerprint density at radius 3 is 2.72 bits per heavy atom. The van der Waals surface area contributed by atoms with Crippen LogP contribution in [0.15, 0.2) is 59.6 Å². The summed E-state index contributed by atoms with van der Waals surface area (Å²) in [5.41, 5.74) is 4.41. The monoisotopic (exact) mass is 342 g/mol. The van der Waals surface area contributed by atoms with Gasteiger partial charge in [-0.05, 0) is 18.1 Å². The first kappa shape index (κ1) is 18.4. The van der Waals surface area contributed by atoms with Gasteiger partial charge in [0.25, 0.3) is 5.69 Å². The van der Waals surface area contributed by atoms with E-state index in [0.717, 1.165) is 18.4 Å². The molecule has 0 unspecified atom stereocenters. The van der Waals surface area contributed by atoms with Gasteiger partial charge in [0.1, 0.15) is 0 Å². The van der Waals surface area contributed by atoms with Crippen molar-refractivity contribution in [3.05, 3.63) is 70.3 Å². The number of anilines is 1. The second-order valence-electron chi connectivity index (χ2n) is 5.39. The third-order valence-corrected chi connectivity index (χ3v) is 3.35. The summed E-state index contributed by atoms with van der Waals surface area (Å²) < 4.78 is 0. The molecular formula is C18H22N4O3. The summed E-state index contributed by atoms with van der Waals surface area (Å²) in [6.45, 7) is 3.10. The molecule has 0 aliphatic rings. The van der Waals surface area contributed by atoms with Crippen molar-refractivity contribution in [2.24, 2.45) is 4.99 Å². The molecule has 0 spiro atoms. The van der Waals surface area contributed by atoms with E-state index in [1.165, 1.54) is 12.1 Å². The lowest BCUT2D eigenvalue weighted by Crippen LogP contribution is -2.31.